The molecule has 0 unspecified atom stereocenters. The average molecular weight is 1070 g/mol. The van der Waals surface area contributed by atoms with Gasteiger partial charge in [-0.15, -0.1) is 0 Å². The number of phenols is 1. The molecule has 17 heteroatoms. The van der Waals surface area contributed by atoms with Crippen molar-refractivity contribution in [2.24, 2.45) is 22.7 Å². The molecule has 422 valence electrons. The van der Waals surface area contributed by atoms with Crippen LogP contribution in [0.5, 0.6) is 5.75 Å². The van der Waals surface area contributed by atoms with E-state index in [1.807, 2.05) is 59.7 Å². The number of nitrogens with zero attached hydrogens (tertiary/aromatic N) is 2. The summed E-state index contributed by atoms with van der Waals surface area (Å²) in [6.07, 6.45) is 4.94. The van der Waals surface area contributed by atoms with Crippen LogP contribution in [-0.2, 0) is 41.6 Å². The van der Waals surface area contributed by atoms with E-state index < -0.39 is 82.7 Å². The van der Waals surface area contributed by atoms with Gasteiger partial charge in [0.1, 0.15) is 29.9 Å². The number of benzene rings is 3. The number of carbonyl (C=O) groups excluding carboxylic acids is 8. The number of amides is 6. The first-order valence-corrected chi connectivity index (χ1v) is 28.0. The van der Waals surface area contributed by atoms with Crippen LogP contribution in [0.3, 0.4) is 0 Å². The zero-order valence-electron chi connectivity index (χ0n) is 47.6. The van der Waals surface area contributed by atoms with Crippen molar-refractivity contribution in [2.75, 3.05) is 27.2 Å². The van der Waals surface area contributed by atoms with Crippen LogP contribution in [0.25, 0.3) is 0 Å². The Kier molecular flexibility index (Phi) is 18.7. The molecule has 2 fully saturated rings. The molecule has 7 N–H and O–H groups in total. The Bertz CT molecular complexity index is 2580. The lowest BCUT2D eigenvalue weighted by molar-refractivity contribution is -0.144. The lowest BCUT2D eigenvalue weighted by Crippen LogP contribution is -2.59. The number of fused-ring (bicyclic) bond motifs is 2. The molecule has 0 saturated carbocycles. The van der Waals surface area contributed by atoms with E-state index in [-0.39, 0.29) is 85.4 Å². The van der Waals surface area contributed by atoms with E-state index in [0.717, 1.165) is 47.9 Å². The van der Waals surface area contributed by atoms with E-state index in [4.69, 9.17) is 0 Å². The fourth-order valence-electron chi connectivity index (χ4n) is 11.9. The van der Waals surface area contributed by atoms with Gasteiger partial charge >= 0.3 is 0 Å². The summed E-state index contributed by atoms with van der Waals surface area (Å²) in [7, 11) is 3.31. The Morgan fingerprint density at radius 2 is 1.01 bits per heavy atom. The van der Waals surface area contributed by atoms with Crippen molar-refractivity contribution >= 4 is 47.0 Å². The molecular weight excluding hydrogens is 989 g/mol. The normalized spacial score (nSPS) is 22.7. The molecule has 3 aromatic rings. The first kappa shape index (κ1) is 59.2. The lowest BCUT2D eigenvalue weighted by Gasteiger charge is -2.36. The number of carbonyl (C=O) groups is 8. The van der Waals surface area contributed by atoms with Gasteiger partial charge in [-0.3, -0.25) is 38.4 Å². The van der Waals surface area contributed by atoms with Gasteiger partial charge in [0, 0.05) is 37.1 Å². The van der Waals surface area contributed by atoms with Crippen LogP contribution in [0.2, 0.25) is 0 Å². The number of likely N-dealkylation sites (N-methyl/N-ethyl adjacent to an activating group) is 2. The van der Waals surface area contributed by atoms with Crippen LogP contribution >= 0.6 is 0 Å². The van der Waals surface area contributed by atoms with Crippen LogP contribution < -0.4 is 31.9 Å². The highest BCUT2D eigenvalue weighted by Gasteiger charge is 2.48. The molecule has 0 spiro atoms. The fourth-order valence-corrected chi connectivity index (χ4v) is 11.9. The summed E-state index contributed by atoms with van der Waals surface area (Å²) >= 11 is 0. The van der Waals surface area contributed by atoms with Crippen molar-refractivity contribution in [3.63, 3.8) is 0 Å². The predicted molar refractivity (Wildman–Crippen MR) is 298 cm³/mol. The highest BCUT2D eigenvalue weighted by Crippen LogP contribution is 2.38. The number of aromatic hydroxyl groups is 1. The third-order valence-electron chi connectivity index (χ3n) is 16.7. The second kappa shape index (κ2) is 24.7. The summed E-state index contributed by atoms with van der Waals surface area (Å²) in [4.78, 5) is 117. The molecular formula is C61H84N8O9. The van der Waals surface area contributed by atoms with Crippen molar-refractivity contribution in [1.29, 1.82) is 0 Å². The SMILES string of the molecule is CN[C@@H](C)C(=O)N[C@H](C(=O)N1C[C@@H](CC(=O)c2cccc(C(=O)C[C@H]3C[C@@H](C(=O)N[C@@H]4CCCc5c(O)cccc54)N(C(=O)[C@@H](NC(=O)[C@H](C)NC)C(C)(C)C)C3)c2)C[C@H]1C(=O)N[C@@H]1CCCc2c(C)cccc21)C(C)(C)C. The quantitative estimate of drug-likeness (QED) is 0.0736. The molecule has 0 bridgehead atoms. The minimum absolute atomic E-state index is 0.0137. The van der Waals surface area contributed by atoms with Gasteiger partial charge in [0.2, 0.25) is 35.4 Å². The maximum Gasteiger partial charge on any atom is 0.246 e. The first-order chi connectivity index (χ1) is 36.8. The first-order valence-electron chi connectivity index (χ1n) is 28.0. The van der Waals surface area contributed by atoms with E-state index in [1.54, 1.807) is 64.3 Å². The summed E-state index contributed by atoms with van der Waals surface area (Å²) in [5, 5.41) is 28.8. The minimum Gasteiger partial charge on any atom is -0.508 e. The fraction of sp³-hybridized carbons (Fsp3) is 0.574. The summed E-state index contributed by atoms with van der Waals surface area (Å²) in [6.45, 7) is 16.8. The van der Waals surface area contributed by atoms with Crippen LogP contribution in [0.1, 0.15) is 167 Å². The third-order valence-corrected chi connectivity index (χ3v) is 16.7. The Labute approximate surface area is 460 Å². The Balaban J connectivity index is 1.09. The minimum atomic E-state index is -0.998. The molecule has 4 aliphatic rings. The van der Waals surface area contributed by atoms with Crippen LogP contribution in [0.4, 0.5) is 0 Å². The maximum atomic E-state index is 14.8. The molecule has 7 rings (SSSR count). The molecule has 10 atom stereocenters. The smallest absolute Gasteiger partial charge is 0.246 e. The second-order valence-electron chi connectivity index (χ2n) is 24.6. The number of phenolic OH excluding ortho intramolecular Hbond substituents is 1. The van der Waals surface area contributed by atoms with E-state index in [9.17, 15) is 43.5 Å². The highest BCUT2D eigenvalue weighted by atomic mass is 16.3. The van der Waals surface area contributed by atoms with Crippen molar-refractivity contribution in [3.8, 4) is 5.75 Å². The summed E-state index contributed by atoms with van der Waals surface area (Å²) in [6, 6.07) is 12.2. The standard InChI is InChI=1S/C61H84N8O9/c1-34-17-12-21-42-41(34)20-14-24-45(42)64-56(75)47-27-37(32-68(47)58(77)52(60(4,5)6)66-54(73)35(2)62-10)29-50(71)39-18-13-19-40(31-39)51(72)30-38-28-48(57(76)65-46-25-15-23-44-43(46)22-16-26-49(44)70)69(33-38)59(78)53(61(7,8)9)67-55(74)36(3)63-11/h12-13,16-19,21-22,26,31,35-38,45-48,52-53,62-63,70H,14-15,20,23-25,27-30,32-33H2,1-11H3,(H,64,75)(H,65,76)(H,66,73)(H,67,74)/t35-,36-,37+,38+,45+,46+,47-,48-,52+,53+/m0/s1. The predicted octanol–water partition coefficient (Wildman–Crippen LogP) is 5.95. The topological polar surface area (TPSA) is 235 Å². The van der Waals surface area contributed by atoms with Gasteiger partial charge < -0.3 is 46.8 Å². The maximum absolute atomic E-state index is 14.8. The largest absolute Gasteiger partial charge is 0.508 e. The van der Waals surface area contributed by atoms with Crippen molar-refractivity contribution < 1.29 is 43.5 Å². The second-order valence-corrected chi connectivity index (χ2v) is 24.6. The third kappa shape index (κ3) is 13.5. The van der Waals surface area contributed by atoms with E-state index in [0.29, 0.717) is 18.4 Å². The molecule has 2 heterocycles. The van der Waals surface area contributed by atoms with Crippen molar-refractivity contribution in [1.82, 2.24) is 41.7 Å². The average Bonchev–Trinajstić information content (AvgIpc) is 4.10. The number of rotatable bonds is 18. The monoisotopic (exact) mass is 1070 g/mol. The van der Waals surface area contributed by atoms with E-state index in [2.05, 4.69) is 44.9 Å². The summed E-state index contributed by atoms with van der Waals surface area (Å²) < 4.78 is 0. The summed E-state index contributed by atoms with van der Waals surface area (Å²) in [5.41, 5.74) is 4.15. The Hall–Kier alpha value is -6.46. The molecule has 0 aromatic heterocycles. The van der Waals surface area contributed by atoms with Crippen molar-refractivity contribution in [3.05, 3.63) is 99.6 Å². The lowest BCUT2D eigenvalue weighted by atomic mass is 9.84. The van der Waals surface area contributed by atoms with E-state index in [1.165, 1.54) is 15.4 Å². The molecule has 78 heavy (non-hydrogen) atoms. The van der Waals surface area contributed by atoms with E-state index >= 15 is 0 Å². The number of hydrogen-bond acceptors (Lipinski definition) is 11. The van der Waals surface area contributed by atoms with Gasteiger partial charge in [0.05, 0.1) is 24.2 Å². The molecule has 2 aliphatic heterocycles. The molecule has 2 saturated heterocycles. The van der Waals surface area contributed by atoms with Gasteiger partial charge in [-0.25, -0.2) is 0 Å². The van der Waals surface area contributed by atoms with Crippen LogP contribution in [0.15, 0.2) is 60.7 Å². The molecule has 17 nitrogen and oxygen atoms in total. The molecule has 2 aliphatic carbocycles. The van der Waals surface area contributed by atoms with Crippen molar-refractivity contribution in [2.45, 2.75) is 175 Å². The molecule has 6 amide bonds. The van der Waals surface area contributed by atoms with Gasteiger partial charge in [-0.05, 0) is 149 Å². The van der Waals surface area contributed by atoms with Crippen LogP contribution in [-0.4, -0.2) is 125 Å². The number of hydrogen-bond donors (Lipinski definition) is 7. The van der Waals surface area contributed by atoms with Gasteiger partial charge in [0.25, 0.3) is 0 Å². The number of Topliss-reactive ketones (excluding diaryl/α,β-unsaturated/α-hetero) is 2. The highest BCUT2D eigenvalue weighted by molar-refractivity contribution is 6.02. The van der Waals surface area contributed by atoms with Gasteiger partial charge in [-0.1, -0.05) is 90.1 Å². The molecule has 3 aromatic carbocycles. The van der Waals surface area contributed by atoms with Crippen LogP contribution in [0, 0.1) is 29.6 Å². The molecule has 0 radical (unpaired) electrons. The number of likely N-dealkylation sites (tertiary alicyclic amines) is 2. The Morgan fingerprint density at radius 3 is 1.45 bits per heavy atom. The Morgan fingerprint density at radius 1 is 0.603 bits per heavy atom. The number of aryl methyl sites for hydroxylation is 1. The van der Waals surface area contributed by atoms with Gasteiger partial charge in [-0.2, -0.15) is 0 Å². The zero-order chi connectivity index (χ0) is 57.0. The van der Waals surface area contributed by atoms with Gasteiger partial charge in [0.15, 0.2) is 11.6 Å². The zero-order valence-corrected chi connectivity index (χ0v) is 47.6. The summed E-state index contributed by atoms with van der Waals surface area (Å²) in [5.74, 6) is -3.54. The number of nitrogens with one attached hydrogen (secondary N) is 6. The number of ketones is 2.